The molecule has 0 radical (unpaired) electrons. The summed E-state index contributed by atoms with van der Waals surface area (Å²) in [5.74, 6) is 2.50. The molecule has 0 bridgehead atoms. The first kappa shape index (κ1) is 17.3. The summed E-state index contributed by atoms with van der Waals surface area (Å²) in [5, 5.41) is 1.73. The standard InChI is InChI=1S/C18H16ClNO2S/c1-2-6-18(16-7-4-3-5-8-16)20-23(21,22)14-13-15-9-11-17(19)12-10-15/h1,3-5,7-14,18,20H,6H2/b14-13+. The van der Waals surface area contributed by atoms with Crippen molar-refractivity contribution in [2.24, 2.45) is 0 Å². The average Bonchev–Trinajstić information content (AvgIpc) is 2.55. The van der Waals surface area contributed by atoms with Gasteiger partial charge in [0.25, 0.3) is 0 Å². The van der Waals surface area contributed by atoms with Gasteiger partial charge in [-0.1, -0.05) is 54.1 Å². The van der Waals surface area contributed by atoms with E-state index in [2.05, 4.69) is 10.6 Å². The molecular weight excluding hydrogens is 330 g/mol. The first-order valence-corrected chi connectivity index (χ1v) is 8.87. The van der Waals surface area contributed by atoms with Crippen LogP contribution < -0.4 is 4.72 Å². The molecule has 0 saturated heterocycles. The molecule has 1 N–H and O–H groups in total. The summed E-state index contributed by atoms with van der Waals surface area (Å²) >= 11 is 5.80. The van der Waals surface area contributed by atoms with E-state index in [0.29, 0.717) is 5.02 Å². The van der Waals surface area contributed by atoms with E-state index in [0.717, 1.165) is 16.5 Å². The van der Waals surface area contributed by atoms with Crippen LogP contribution in [0.4, 0.5) is 0 Å². The zero-order valence-corrected chi connectivity index (χ0v) is 13.9. The molecule has 1 atom stereocenters. The summed E-state index contributed by atoms with van der Waals surface area (Å²) in [4.78, 5) is 0. The molecule has 0 aliphatic heterocycles. The van der Waals surface area contributed by atoms with Gasteiger partial charge in [0.05, 0.1) is 6.04 Å². The Hall–Kier alpha value is -2.06. The molecule has 0 spiro atoms. The third-order valence-corrected chi connectivity index (χ3v) is 4.50. The van der Waals surface area contributed by atoms with Gasteiger partial charge < -0.3 is 0 Å². The Labute approximate surface area is 142 Å². The van der Waals surface area contributed by atoms with E-state index in [9.17, 15) is 8.42 Å². The van der Waals surface area contributed by atoms with Gasteiger partial charge in [-0.15, -0.1) is 12.3 Å². The van der Waals surface area contributed by atoms with Crippen molar-refractivity contribution in [2.75, 3.05) is 0 Å². The fourth-order valence-electron chi connectivity index (χ4n) is 2.01. The maximum atomic E-state index is 12.2. The van der Waals surface area contributed by atoms with Gasteiger partial charge in [-0.3, -0.25) is 0 Å². The van der Waals surface area contributed by atoms with Gasteiger partial charge in [-0.25, -0.2) is 13.1 Å². The lowest BCUT2D eigenvalue weighted by Gasteiger charge is -2.15. The molecule has 0 saturated carbocycles. The summed E-state index contributed by atoms with van der Waals surface area (Å²) in [6, 6.07) is 15.7. The highest BCUT2D eigenvalue weighted by atomic mass is 35.5. The van der Waals surface area contributed by atoms with Gasteiger partial charge in [0, 0.05) is 16.9 Å². The van der Waals surface area contributed by atoms with Gasteiger partial charge >= 0.3 is 0 Å². The van der Waals surface area contributed by atoms with Crippen molar-refractivity contribution in [3.63, 3.8) is 0 Å². The van der Waals surface area contributed by atoms with Crippen molar-refractivity contribution >= 4 is 27.7 Å². The van der Waals surface area contributed by atoms with Crippen LogP contribution in [0.15, 0.2) is 60.0 Å². The van der Waals surface area contributed by atoms with Crippen molar-refractivity contribution in [1.29, 1.82) is 0 Å². The second kappa shape index (κ2) is 7.98. The lowest BCUT2D eigenvalue weighted by Crippen LogP contribution is -2.26. The van der Waals surface area contributed by atoms with Crippen LogP contribution in [0, 0.1) is 12.3 Å². The van der Waals surface area contributed by atoms with E-state index in [4.69, 9.17) is 18.0 Å². The van der Waals surface area contributed by atoms with Crippen LogP contribution in [0.2, 0.25) is 5.02 Å². The minimum Gasteiger partial charge on any atom is -0.208 e. The molecule has 1 unspecified atom stereocenters. The Morgan fingerprint density at radius 3 is 2.39 bits per heavy atom. The molecule has 0 fully saturated rings. The Balaban J connectivity index is 2.15. The first-order valence-electron chi connectivity index (χ1n) is 6.94. The predicted octanol–water partition coefficient (Wildman–Crippen LogP) is 3.99. The van der Waals surface area contributed by atoms with Gasteiger partial charge in [-0.2, -0.15) is 0 Å². The van der Waals surface area contributed by atoms with Crippen LogP contribution in [0.5, 0.6) is 0 Å². The van der Waals surface area contributed by atoms with E-state index in [1.165, 1.54) is 6.08 Å². The number of halogens is 1. The molecule has 118 valence electrons. The van der Waals surface area contributed by atoms with Crippen LogP contribution >= 0.6 is 11.6 Å². The molecule has 2 rings (SSSR count). The fourth-order valence-corrected chi connectivity index (χ4v) is 3.17. The zero-order valence-electron chi connectivity index (χ0n) is 12.3. The van der Waals surface area contributed by atoms with Gasteiger partial charge in [0.1, 0.15) is 0 Å². The van der Waals surface area contributed by atoms with E-state index < -0.39 is 16.1 Å². The van der Waals surface area contributed by atoms with Crippen LogP contribution in [0.1, 0.15) is 23.6 Å². The molecule has 3 nitrogen and oxygen atoms in total. The Bertz CT molecular complexity index is 806. The molecule has 0 amide bonds. The lowest BCUT2D eigenvalue weighted by atomic mass is 10.1. The number of nitrogens with one attached hydrogen (secondary N) is 1. The lowest BCUT2D eigenvalue weighted by molar-refractivity contribution is 0.568. The molecule has 23 heavy (non-hydrogen) atoms. The Kier molecular flexibility index (Phi) is 6.00. The van der Waals surface area contributed by atoms with Crippen LogP contribution in [-0.2, 0) is 10.0 Å². The summed E-state index contributed by atoms with van der Waals surface area (Å²) in [7, 11) is -3.62. The number of hydrogen-bond donors (Lipinski definition) is 1. The quantitative estimate of drug-likeness (QED) is 0.804. The minimum atomic E-state index is -3.62. The maximum Gasteiger partial charge on any atom is 0.234 e. The monoisotopic (exact) mass is 345 g/mol. The SMILES string of the molecule is C#CCC(NS(=O)(=O)/C=C/c1ccc(Cl)cc1)c1ccccc1. The highest BCUT2D eigenvalue weighted by Crippen LogP contribution is 2.18. The minimum absolute atomic E-state index is 0.276. The summed E-state index contributed by atoms with van der Waals surface area (Å²) in [6.07, 6.45) is 7.14. The highest BCUT2D eigenvalue weighted by Gasteiger charge is 2.16. The first-order chi connectivity index (χ1) is 11.0. The number of hydrogen-bond acceptors (Lipinski definition) is 2. The molecule has 2 aromatic rings. The van der Waals surface area contributed by atoms with E-state index >= 15 is 0 Å². The predicted molar refractivity (Wildman–Crippen MR) is 95.2 cm³/mol. The van der Waals surface area contributed by atoms with Crippen molar-refractivity contribution < 1.29 is 8.42 Å². The zero-order chi connectivity index (χ0) is 16.7. The average molecular weight is 346 g/mol. The molecule has 2 aromatic carbocycles. The van der Waals surface area contributed by atoms with Crippen LogP contribution in [0.3, 0.4) is 0 Å². The largest absolute Gasteiger partial charge is 0.234 e. The van der Waals surface area contributed by atoms with Crippen LogP contribution in [-0.4, -0.2) is 8.42 Å². The molecule has 5 heteroatoms. The maximum absolute atomic E-state index is 12.2. The van der Waals surface area contributed by atoms with Gasteiger partial charge in [0.2, 0.25) is 10.0 Å². The van der Waals surface area contributed by atoms with Crippen molar-refractivity contribution in [3.8, 4) is 12.3 Å². The van der Waals surface area contributed by atoms with Crippen molar-refractivity contribution in [2.45, 2.75) is 12.5 Å². The highest BCUT2D eigenvalue weighted by molar-refractivity contribution is 7.92. The van der Waals surface area contributed by atoms with E-state index in [1.54, 1.807) is 24.3 Å². The summed E-state index contributed by atoms with van der Waals surface area (Å²) < 4.78 is 27.1. The normalized spacial score (nSPS) is 12.9. The number of terminal acetylenes is 1. The number of benzene rings is 2. The van der Waals surface area contributed by atoms with E-state index in [-0.39, 0.29) is 6.42 Å². The van der Waals surface area contributed by atoms with Crippen molar-refractivity contribution in [3.05, 3.63) is 76.2 Å². The molecule has 0 aromatic heterocycles. The molecule has 0 heterocycles. The third kappa shape index (κ3) is 5.57. The van der Waals surface area contributed by atoms with Crippen molar-refractivity contribution in [1.82, 2.24) is 4.72 Å². The van der Waals surface area contributed by atoms with Crippen LogP contribution in [0.25, 0.3) is 6.08 Å². The number of rotatable bonds is 6. The topological polar surface area (TPSA) is 46.2 Å². The molecule has 0 aliphatic carbocycles. The number of sulfonamides is 1. The Morgan fingerprint density at radius 2 is 1.78 bits per heavy atom. The second-order valence-electron chi connectivity index (χ2n) is 4.89. The summed E-state index contributed by atoms with van der Waals surface area (Å²) in [6.45, 7) is 0. The van der Waals surface area contributed by atoms with Gasteiger partial charge in [-0.05, 0) is 29.3 Å². The summed E-state index contributed by atoms with van der Waals surface area (Å²) in [5.41, 5.74) is 1.57. The fraction of sp³-hybridized carbons (Fsp3) is 0.111. The Morgan fingerprint density at radius 1 is 1.13 bits per heavy atom. The smallest absolute Gasteiger partial charge is 0.208 e. The molecular formula is C18H16ClNO2S. The van der Waals surface area contributed by atoms with Gasteiger partial charge in [0.15, 0.2) is 0 Å². The second-order valence-corrected chi connectivity index (χ2v) is 6.92. The third-order valence-electron chi connectivity index (χ3n) is 3.14. The molecule has 0 aliphatic rings. The van der Waals surface area contributed by atoms with E-state index in [1.807, 2.05) is 30.3 Å².